The summed E-state index contributed by atoms with van der Waals surface area (Å²) in [7, 11) is 0. The molecule has 1 unspecified atom stereocenters. The van der Waals surface area contributed by atoms with Gasteiger partial charge in [-0.2, -0.15) is 0 Å². The van der Waals surface area contributed by atoms with Crippen LogP contribution < -0.4 is 10.6 Å². The van der Waals surface area contributed by atoms with Crippen LogP contribution in [0.3, 0.4) is 0 Å². The summed E-state index contributed by atoms with van der Waals surface area (Å²) in [5.41, 5.74) is 0. The van der Waals surface area contributed by atoms with Gasteiger partial charge >= 0.3 is 6.36 Å². The van der Waals surface area contributed by atoms with Crippen molar-refractivity contribution >= 4 is 17.6 Å². The van der Waals surface area contributed by atoms with Crippen LogP contribution in [0.25, 0.3) is 0 Å². The van der Waals surface area contributed by atoms with E-state index in [1.165, 1.54) is 4.90 Å². The molecule has 5 atom stereocenters. The fourth-order valence-electron chi connectivity index (χ4n) is 4.47. The number of aliphatic hydroxyl groups excluding tert-OH is 2. The monoisotopic (exact) mass is 495 g/mol. The highest BCUT2D eigenvalue weighted by atomic mass is 19.4. The van der Waals surface area contributed by atoms with E-state index in [4.69, 9.17) is 0 Å². The van der Waals surface area contributed by atoms with Gasteiger partial charge in [-0.15, -0.1) is 13.2 Å². The van der Waals surface area contributed by atoms with Crippen LogP contribution in [0.5, 0.6) is 0 Å². The number of aliphatic hydroxyl groups is 2. The minimum atomic E-state index is -5.00. The highest BCUT2D eigenvalue weighted by molar-refractivity contribution is 5.94. The van der Waals surface area contributed by atoms with E-state index in [0.717, 1.165) is 6.42 Å². The second kappa shape index (κ2) is 12.8. The number of carbonyl (C=O) groups excluding carboxylic acids is 3. The Kier molecular flexibility index (Phi) is 10.7. The fraction of sp³-hybridized carbons (Fsp3) is 0.864. The first-order valence-corrected chi connectivity index (χ1v) is 11.8. The molecule has 12 heteroatoms. The molecule has 0 aliphatic carbocycles. The molecule has 196 valence electrons. The SMILES string of the molecule is CC(C)C[C@@H](O)C(=O)N1CCCCC[C@H]1C(=O)N[C@@H](C[C@@H]1CCNC1O)C(=O)COC(F)(F)F. The molecule has 2 aliphatic heterocycles. The number of rotatable bonds is 10. The van der Waals surface area contributed by atoms with E-state index in [1.54, 1.807) is 0 Å². The lowest BCUT2D eigenvalue weighted by molar-refractivity contribution is -0.321. The largest absolute Gasteiger partial charge is 0.522 e. The number of likely N-dealkylation sites (tertiary alicyclic amines) is 1. The number of nitrogens with zero attached hydrogens (tertiary/aromatic N) is 1. The molecule has 4 N–H and O–H groups in total. The van der Waals surface area contributed by atoms with Crippen LogP contribution in [0.15, 0.2) is 0 Å². The second-order valence-corrected chi connectivity index (χ2v) is 9.49. The molecule has 0 bridgehead atoms. The smallest absolute Gasteiger partial charge is 0.383 e. The standard InChI is InChI=1S/C22H36F3N3O6/c1-13(2)10-17(29)21(33)28-9-5-3-4-6-16(28)20(32)27-15(11-14-7-8-26-19(14)31)18(30)12-34-22(23,24)25/h13-17,19,26,29,31H,3-12H2,1-2H3,(H,27,32)/t14-,15-,16-,17+,19?/m0/s1. The van der Waals surface area contributed by atoms with E-state index in [0.29, 0.717) is 32.2 Å². The number of hydrogen-bond acceptors (Lipinski definition) is 7. The Hall–Kier alpha value is -1.76. The normalized spacial score (nSPS) is 25.6. The maximum atomic E-state index is 13.2. The minimum absolute atomic E-state index is 0.0558. The number of ketones is 1. The lowest BCUT2D eigenvalue weighted by atomic mass is 9.94. The molecule has 0 aromatic carbocycles. The molecule has 0 radical (unpaired) electrons. The zero-order valence-electron chi connectivity index (χ0n) is 19.6. The van der Waals surface area contributed by atoms with Crippen molar-refractivity contribution in [2.75, 3.05) is 19.7 Å². The Balaban J connectivity index is 2.16. The molecular weight excluding hydrogens is 459 g/mol. The molecule has 2 rings (SSSR count). The van der Waals surface area contributed by atoms with E-state index in [9.17, 15) is 37.8 Å². The molecule has 2 amide bonds. The molecule has 0 spiro atoms. The lowest BCUT2D eigenvalue weighted by Crippen LogP contribution is -2.55. The number of amides is 2. The van der Waals surface area contributed by atoms with Gasteiger partial charge in [0.1, 0.15) is 25.0 Å². The predicted molar refractivity (Wildman–Crippen MR) is 115 cm³/mol. The number of hydrogen-bond donors (Lipinski definition) is 4. The number of nitrogens with one attached hydrogen (secondary N) is 2. The van der Waals surface area contributed by atoms with Gasteiger partial charge in [-0.05, 0) is 44.6 Å². The van der Waals surface area contributed by atoms with Gasteiger partial charge in [0.05, 0.1) is 6.04 Å². The van der Waals surface area contributed by atoms with Gasteiger partial charge in [0, 0.05) is 12.5 Å². The molecule has 34 heavy (non-hydrogen) atoms. The quantitative estimate of drug-likeness (QED) is 0.357. The van der Waals surface area contributed by atoms with Crippen molar-refractivity contribution in [1.29, 1.82) is 0 Å². The zero-order chi connectivity index (χ0) is 25.5. The van der Waals surface area contributed by atoms with E-state index >= 15 is 0 Å². The molecule has 2 aliphatic rings. The van der Waals surface area contributed by atoms with Crippen molar-refractivity contribution in [3.63, 3.8) is 0 Å². The fourth-order valence-corrected chi connectivity index (χ4v) is 4.47. The van der Waals surface area contributed by atoms with E-state index < -0.39 is 60.9 Å². The van der Waals surface area contributed by atoms with Crippen molar-refractivity contribution in [3.05, 3.63) is 0 Å². The van der Waals surface area contributed by atoms with Crippen molar-refractivity contribution in [2.45, 2.75) is 89.6 Å². The van der Waals surface area contributed by atoms with E-state index in [-0.39, 0.29) is 25.3 Å². The number of alkyl halides is 3. The summed E-state index contributed by atoms with van der Waals surface area (Å²) >= 11 is 0. The van der Waals surface area contributed by atoms with Crippen LogP contribution in [0.1, 0.15) is 58.8 Å². The molecule has 2 saturated heterocycles. The topological polar surface area (TPSA) is 128 Å². The third kappa shape index (κ3) is 8.79. The maximum Gasteiger partial charge on any atom is 0.522 e. The van der Waals surface area contributed by atoms with Gasteiger partial charge in [0.2, 0.25) is 5.91 Å². The molecule has 2 fully saturated rings. The highest BCUT2D eigenvalue weighted by Gasteiger charge is 2.38. The van der Waals surface area contributed by atoms with Crippen molar-refractivity contribution in [3.8, 4) is 0 Å². The van der Waals surface area contributed by atoms with E-state index in [2.05, 4.69) is 15.4 Å². The number of carbonyl (C=O) groups is 3. The molecule has 0 aromatic rings. The minimum Gasteiger partial charge on any atom is -0.383 e. The summed E-state index contributed by atoms with van der Waals surface area (Å²) in [6.07, 6.45) is -4.22. The van der Waals surface area contributed by atoms with Crippen LogP contribution in [-0.2, 0) is 19.1 Å². The molecular formula is C22H36F3N3O6. The Morgan fingerprint density at radius 2 is 1.88 bits per heavy atom. The average Bonchev–Trinajstić information content (AvgIpc) is 2.99. The summed E-state index contributed by atoms with van der Waals surface area (Å²) in [5.74, 6) is -2.61. The highest BCUT2D eigenvalue weighted by Crippen LogP contribution is 2.23. The lowest BCUT2D eigenvalue weighted by Gasteiger charge is -2.32. The van der Waals surface area contributed by atoms with Crippen LogP contribution in [0.4, 0.5) is 13.2 Å². The zero-order valence-corrected chi connectivity index (χ0v) is 19.6. The van der Waals surface area contributed by atoms with Crippen molar-refractivity contribution in [1.82, 2.24) is 15.5 Å². The first kappa shape index (κ1) is 28.5. The second-order valence-electron chi connectivity index (χ2n) is 9.49. The first-order valence-electron chi connectivity index (χ1n) is 11.8. The maximum absolute atomic E-state index is 13.2. The summed E-state index contributed by atoms with van der Waals surface area (Å²) in [6.45, 7) is 3.17. The Morgan fingerprint density at radius 3 is 2.47 bits per heavy atom. The summed E-state index contributed by atoms with van der Waals surface area (Å²) < 4.78 is 41.1. The number of halogens is 3. The van der Waals surface area contributed by atoms with Gasteiger partial charge in [0.25, 0.3) is 5.91 Å². The van der Waals surface area contributed by atoms with Crippen molar-refractivity contribution in [2.24, 2.45) is 11.8 Å². The summed E-state index contributed by atoms with van der Waals surface area (Å²) in [6, 6.07) is -2.28. The van der Waals surface area contributed by atoms with Gasteiger partial charge < -0.3 is 20.4 Å². The third-order valence-corrected chi connectivity index (χ3v) is 6.26. The van der Waals surface area contributed by atoms with Gasteiger partial charge in [0.15, 0.2) is 5.78 Å². The predicted octanol–water partition coefficient (Wildman–Crippen LogP) is 1.07. The van der Waals surface area contributed by atoms with Crippen LogP contribution in [-0.4, -0.2) is 83.2 Å². The molecule has 0 aromatic heterocycles. The molecule has 0 saturated carbocycles. The summed E-state index contributed by atoms with van der Waals surface area (Å²) in [4.78, 5) is 40.0. The molecule has 9 nitrogen and oxygen atoms in total. The molecule has 2 heterocycles. The first-order chi connectivity index (χ1) is 15.9. The Labute approximate surface area is 197 Å². The van der Waals surface area contributed by atoms with Crippen LogP contribution in [0, 0.1) is 11.8 Å². The Bertz CT molecular complexity index is 706. The number of Topliss-reactive ketones (excluding diaryl/α,β-unsaturated/α-hetero) is 1. The van der Waals surface area contributed by atoms with Gasteiger partial charge in [-0.25, -0.2) is 0 Å². The van der Waals surface area contributed by atoms with Crippen LogP contribution >= 0.6 is 0 Å². The van der Waals surface area contributed by atoms with Gasteiger partial charge in [-0.3, -0.25) is 24.4 Å². The average molecular weight is 496 g/mol. The van der Waals surface area contributed by atoms with Gasteiger partial charge in [-0.1, -0.05) is 26.7 Å². The van der Waals surface area contributed by atoms with E-state index in [1.807, 2.05) is 13.8 Å². The third-order valence-electron chi connectivity index (χ3n) is 6.26. The summed E-state index contributed by atoms with van der Waals surface area (Å²) in [5, 5.41) is 25.6. The van der Waals surface area contributed by atoms with Crippen molar-refractivity contribution < 1.29 is 42.5 Å². The van der Waals surface area contributed by atoms with Crippen LogP contribution in [0.2, 0.25) is 0 Å². The Morgan fingerprint density at radius 1 is 1.18 bits per heavy atom. The number of ether oxygens (including phenoxy) is 1.